The predicted octanol–water partition coefficient (Wildman–Crippen LogP) is -0.593. The van der Waals surface area contributed by atoms with Gasteiger partial charge in [-0.2, -0.15) is 0 Å². The summed E-state index contributed by atoms with van der Waals surface area (Å²) in [5, 5.41) is 3.49. The minimum absolute atomic E-state index is 0.0223. The zero-order valence-corrected chi connectivity index (χ0v) is 7.79. The minimum Gasteiger partial charge on any atom is -0.379 e. The van der Waals surface area contributed by atoms with Crippen molar-refractivity contribution in [2.24, 2.45) is 0 Å². The van der Waals surface area contributed by atoms with E-state index in [0.29, 0.717) is 6.04 Å². The molecule has 2 unspecified atom stereocenters. The molecule has 2 atom stereocenters. The first kappa shape index (κ1) is 8.17. The number of hydrogen-bond donors (Lipinski definition) is 1. The summed E-state index contributed by atoms with van der Waals surface area (Å²) in [6.45, 7) is 5.64. The Kier molecular flexibility index (Phi) is 1.83. The molecule has 3 aliphatic heterocycles. The van der Waals surface area contributed by atoms with E-state index in [1.54, 1.807) is 0 Å². The number of fused-ring (bicyclic) bond motifs is 2. The number of ether oxygens (including phenoxy) is 2. The standard InChI is InChI=1S/C9H16N2O2/c1-3-12-4-2-11(1)9-5-8(6-13-9)10-7-9/h8,10H,1-7H2. The fourth-order valence-corrected chi connectivity index (χ4v) is 2.62. The maximum atomic E-state index is 5.89. The minimum atomic E-state index is 0.0223. The van der Waals surface area contributed by atoms with E-state index in [9.17, 15) is 0 Å². The second kappa shape index (κ2) is 2.92. The van der Waals surface area contributed by atoms with Gasteiger partial charge in [0, 0.05) is 32.1 Å². The Morgan fingerprint density at radius 1 is 1.31 bits per heavy atom. The van der Waals surface area contributed by atoms with E-state index in [4.69, 9.17) is 9.47 Å². The van der Waals surface area contributed by atoms with Crippen molar-refractivity contribution < 1.29 is 9.47 Å². The van der Waals surface area contributed by atoms with E-state index in [2.05, 4.69) is 10.2 Å². The van der Waals surface area contributed by atoms with Gasteiger partial charge < -0.3 is 14.8 Å². The molecule has 4 nitrogen and oxygen atoms in total. The molecule has 13 heavy (non-hydrogen) atoms. The number of rotatable bonds is 1. The van der Waals surface area contributed by atoms with Gasteiger partial charge in [0.15, 0.2) is 0 Å². The highest BCUT2D eigenvalue weighted by molar-refractivity contribution is 5.01. The highest BCUT2D eigenvalue weighted by atomic mass is 16.5. The van der Waals surface area contributed by atoms with E-state index in [1.165, 1.54) is 0 Å². The van der Waals surface area contributed by atoms with E-state index >= 15 is 0 Å². The summed E-state index contributed by atoms with van der Waals surface area (Å²) in [6.07, 6.45) is 1.16. The van der Waals surface area contributed by atoms with Crippen molar-refractivity contribution >= 4 is 0 Å². The Labute approximate surface area is 78.2 Å². The molecule has 0 aromatic heterocycles. The van der Waals surface area contributed by atoms with Crippen LogP contribution in [0.1, 0.15) is 6.42 Å². The zero-order valence-electron chi connectivity index (χ0n) is 7.79. The second-order valence-corrected chi connectivity index (χ2v) is 4.14. The number of nitrogens with zero attached hydrogens (tertiary/aromatic N) is 1. The lowest BCUT2D eigenvalue weighted by molar-refractivity contribution is -0.149. The van der Waals surface area contributed by atoms with Gasteiger partial charge in [0.25, 0.3) is 0 Å². The first-order chi connectivity index (χ1) is 6.39. The Balaban J connectivity index is 1.75. The van der Waals surface area contributed by atoms with Crippen LogP contribution in [0.2, 0.25) is 0 Å². The molecular weight excluding hydrogens is 168 g/mol. The Bertz CT molecular complexity index is 196. The third-order valence-electron chi connectivity index (χ3n) is 3.37. The van der Waals surface area contributed by atoms with Gasteiger partial charge in [0.1, 0.15) is 5.72 Å². The van der Waals surface area contributed by atoms with Crippen molar-refractivity contribution in [1.82, 2.24) is 10.2 Å². The molecule has 3 fully saturated rings. The number of morpholine rings is 2. The van der Waals surface area contributed by atoms with Gasteiger partial charge in [-0.3, -0.25) is 4.90 Å². The number of hydrogen-bond acceptors (Lipinski definition) is 4. The Hall–Kier alpha value is -0.160. The molecule has 1 N–H and O–H groups in total. The predicted molar refractivity (Wildman–Crippen MR) is 47.5 cm³/mol. The summed E-state index contributed by atoms with van der Waals surface area (Å²) in [4.78, 5) is 2.44. The fraction of sp³-hybridized carbons (Fsp3) is 1.00. The smallest absolute Gasteiger partial charge is 0.136 e. The van der Waals surface area contributed by atoms with Crippen LogP contribution in [0.5, 0.6) is 0 Å². The van der Waals surface area contributed by atoms with Gasteiger partial charge >= 0.3 is 0 Å². The second-order valence-electron chi connectivity index (χ2n) is 4.14. The molecule has 0 aromatic carbocycles. The molecule has 3 heterocycles. The molecule has 2 bridgehead atoms. The van der Waals surface area contributed by atoms with Crippen LogP contribution in [0.3, 0.4) is 0 Å². The van der Waals surface area contributed by atoms with Crippen LogP contribution < -0.4 is 5.32 Å². The lowest BCUT2D eigenvalue weighted by atomic mass is 10.1. The van der Waals surface area contributed by atoms with Crippen LogP contribution in [0.4, 0.5) is 0 Å². The normalized spacial score (nSPS) is 45.7. The maximum absolute atomic E-state index is 5.89. The van der Waals surface area contributed by atoms with Gasteiger partial charge in [-0.15, -0.1) is 0 Å². The first-order valence-electron chi connectivity index (χ1n) is 5.09. The Morgan fingerprint density at radius 2 is 2.15 bits per heavy atom. The topological polar surface area (TPSA) is 33.7 Å². The van der Waals surface area contributed by atoms with E-state index in [-0.39, 0.29) is 5.72 Å². The quantitative estimate of drug-likeness (QED) is 0.590. The van der Waals surface area contributed by atoms with E-state index in [0.717, 1.165) is 45.9 Å². The molecule has 3 saturated heterocycles. The Morgan fingerprint density at radius 3 is 2.69 bits per heavy atom. The van der Waals surface area contributed by atoms with Crippen LogP contribution in [0.15, 0.2) is 0 Å². The van der Waals surface area contributed by atoms with Crippen LogP contribution >= 0.6 is 0 Å². The van der Waals surface area contributed by atoms with E-state index < -0.39 is 0 Å². The van der Waals surface area contributed by atoms with Crippen molar-refractivity contribution in [2.45, 2.75) is 18.2 Å². The average Bonchev–Trinajstić information content (AvgIpc) is 2.80. The molecule has 3 aliphatic rings. The van der Waals surface area contributed by atoms with Crippen molar-refractivity contribution in [3.05, 3.63) is 0 Å². The van der Waals surface area contributed by atoms with Gasteiger partial charge in [-0.25, -0.2) is 0 Å². The monoisotopic (exact) mass is 184 g/mol. The summed E-state index contributed by atoms with van der Waals surface area (Å²) in [7, 11) is 0. The molecule has 3 rings (SSSR count). The summed E-state index contributed by atoms with van der Waals surface area (Å²) >= 11 is 0. The van der Waals surface area contributed by atoms with Crippen LogP contribution in [0, 0.1) is 0 Å². The third-order valence-corrected chi connectivity index (χ3v) is 3.37. The number of nitrogens with one attached hydrogen (secondary N) is 1. The molecule has 0 amide bonds. The van der Waals surface area contributed by atoms with Crippen molar-refractivity contribution in [3.63, 3.8) is 0 Å². The van der Waals surface area contributed by atoms with Crippen LogP contribution in [0.25, 0.3) is 0 Å². The fourth-order valence-electron chi connectivity index (χ4n) is 2.62. The maximum Gasteiger partial charge on any atom is 0.136 e. The van der Waals surface area contributed by atoms with Gasteiger partial charge in [0.05, 0.1) is 19.8 Å². The molecule has 0 spiro atoms. The SMILES string of the molecule is C1CN(C23CNC(CO2)C3)CCO1. The van der Waals surface area contributed by atoms with Crippen LogP contribution in [-0.2, 0) is 9.47 Å². The third kappa shape index (κ3) is 1.21. The first-order valence-corrected chi connectivity index (χ1v) is 5.09. The van der Waals surface area contributed by atoms with E-state index in [1.807, 2.05) is 0 Å². The molecule has 4 heteroatoms. The highest BCUT2D eigenvalue weighted by Gasteiger charge is 2.50. The average molecular weight is 184 g/mol. The molecular formula is C9H16N2O2. The lowest BCUT2D eigenvalue weighted by Gasteiger charge is -2.40. The summed E-state index contributed by atoms with van der Waals surface area (Å²) < 4.78 is 11.2. The molecule has 0 radical (unpaired) electrons. The zero-order chi connectivity index (χ0) is 8.73. The summed E-state index contributed by atoms with van der Waals surface area (Å²) in [5.74, 6) is 0. The molecule has 0 saturated carbocycles. The lowest BCUT2D eigenvalue weighted by Crippen LogP contribution is -2.56. The largest absolute Gasteiger partial charge is 0.379 e. The molecule has 0 aliphatic carbocycles. The highest BCUT2D eigenvalue weighted by Crippen LogP contribution is 2.34. The molecule has 0 aromatic rings. The van der Waals surface area contributed by atoms with Crippen molar-refractivity contribution in [3.8, 4) is 0 Å². The summed E-state index contributed by atoms with van der Waals surface area (Å²) in [6, 6.07) is 0.600. The van der Waals surface area contributed by atoms with Crippen molar-refractivity contribution in [2.75, 3.05) is 39.5 Å². The van der Waals surface area contributed by atoms with Gasteiger partial charge in [0.2, 0.25) is 0 Å². The summed E-state index contributed by atoms with van der Waals surface area (Å²) in [5.41, 5.74) is 0.0223. The van der Waals surface area contributed by atoms with Crippen molar-refractivity contribution in [1.29, 1.82) is 0 Å². The van der Waals surface area contributed by atoms with Gasteiger partial charge in [-0.05, 0) is 0 Å². The molecule has 74 valence electrons. The van der Waals surface area contributed by atoms with Gasteiger partial charge in [-0.1, -0.05) is 0 Å². The van der Waals surface area contributed by atoms with Crippen LogP contribution in [-0.4, -0.2) is 56.1 Å².